The maximum absolute atomic E-state index is 11.3. The molecule has 3 aromatic carbocycles. The van der Waals surface area contributed by atoms with Crippen LogP contribution in [0.25, 0.3) is 22.2 Å². The van der Waals surface area contributed by atoms with Gasteiger partial charge in [-0.25, -0.2) is 4.79 Å². The van der Waals surface area contributed by atoms with Crippen LogP contribution in [0.3, 0.4) is 0 Å². The molecular formula is C39H44N6O4. The molecular weight excluding hydrogens is 616 g/mol. The second-order valence-electron chi connectivity index (χ2n) is 13.1. The van der Waals surface area contributed by atoms with Crippen LogP contribution in [0.1, 0.15) is 30.9 Å². The molecule has 5 aromatic rings. The third-order valence-corrected chi connectivity index (χ3v) is 10.1. The molecule has 2 aromatic heterocycles. The lowest BCUT2D eigenvalue weighted by atomic mass is 9.89. The van der Waals surface area contributed by atoms with Gasteiger partial charge in [0.05, 0.1) is 11.1 Å². The number of hydrogen-bond acceptors (Lipinski definition) is 7. The minimum atomic E-state index is -0.798. The number of hydrogen-bond donors (Lipinski definition) is 1. The number of piperazine rings is 1. The highest BCUT2D eigenvalue weighted by molar-refractivity contribution is 5.96. The van der Waals surface area contributed by atoms with Crippen molar-refractivity contribution in [3.05, 3.63) is 102 Å². The highest BCUT2D eigenvalue weighted by atomic mass is 16.5. The fraction of sp³-hybridized carbons (Fsp3) is 0.359. The van der Waals surface area contributed by atoms with Gasteiger partial charge < -0.3 is 24.4 Å². The predicted molar refractivity (Wildman–Crippen MR) is 191 cm³/mol. The van der Waals surface area contributed by atoms with Crippen LogP contribution in [0.2, 0.25) is 0 Å². The Bertz CT molecular complexity index is 1870. The maximum atomic E-state index is 11.3. The zero-order valence-corrected chi connectivity index (χ0v) is 28.2. The lowest BCUT2D eigenvalue weighted by Crippen LogP contribution is -2.53. The first-order valence-electron chi connectivity index (χ1n) is 17.2. The quantitative estimate of drug-likeness (QED) is 0.177. The van der Waals surface area contributed by atoms with Gasteiger partial charge >= 0.3 is 6.09 Å². The van der Waals surface area contributed by atoms with Crippen LogP contribution in [0.4, 0.5) is 10.5 Å². The predicted octanol–water partition coefficient (Wildman–Crippen LogP) is 6.69. The van der Waals surface area contributed by atoms with E-state index >= 15 is 0 Å². The van der Waals surface area contributed by atoms with Crippen LogP contribution in [0.15, 0.2) is 91.0 Å². The molecule has 1 N–H and O–H groups in total. The molecule has 2 aliphatic heterocycles. The van der Waals surface area contributed by atoms with E-state index in [0.29, 0.717) is 50.0 Å². The zero-order valence-electron chi connectivity index (χ0n) is 28.2. The van der Waals surface area contributed by atoms with Crippen LogP contribution in [-0.2, 0) is 20.3 Å². The fourth-order valence-electron chi connectivity index (χ4n) is 7.15. The SMILES string of the molecule is C[C@H](C1CCN(C(=O)O)CC1)N1CCN(c2ccc3c(-c4ccc(OCc5ccccc5)nc4OCc4ccccc4)nn(C)c3c2)CC1. The van der Waals surface area contributed by atoms with Gasteiger partial charge in [0.15, 0.2) is 0 Å². The fourth-order valence-corrected chi connectivity index (χ4v) is 7.15. The Kier molecular flexibility index (Phi) is 9.65. The van der Waals surface area contributed by atoms with Crippen molar-refractivity contribution in [3.8, 4) is 23.0 Å². The van der Waals surface area contributed by atoms with Crippen LogP contribution in [0.5, 0.6) is 11.8 Å². The van der Waals surface area contributed by atoms with E-state index in [0.717, 1.165) is 72.3 Å². The number of amides is 1. The Morgan fingerprint density at radius 3 is 2.14 bits per heavy atom. The van der Waals surface area contributed by atoms with Crippen molar-refractivity contribution in [2.24, 2.45) is 13.0 Å². The summed E-state index contributed by atoms with van der Waals surface area (Å²) in [4.78, 5) is 22.7. The van der Waals surface area contributed by atoms with Crippen molar-refractivity contribution in [1.82, 2.24) is 24.6 Å². The smallest absolute Gasteiger partial charge is 0.407 e. The van der Waals surface area contributed by atoms with Crippen molar-refractivity contribution >= 4 is 22.7 Å². The maximum Gasteiger partial charge on any atom is 0.407 e. The van der Waals surface area contributed by atoms with Gasteiger partial charge in [-0.2, -0.15) is 10.1 Å². The van der Waals surface area contributed by atoms with Gasteiger partial charge in [0.2, 0.25) is 11.8 Å². The lowest BCUT2D eigenvalue weighted by Gasteiger charge is -2.43. The molecule has 2 fully saturated rings. The van der Waals surface area contributed by atoms with E-state index in [9.17, 15) is 9.90 Å². The summed E-state index contributed by atoms with van der Waals surface area (Å²) in [5.41, 5.74) is 6.00. The van der Waals surface area contributed by atoms with E-state index in [2.05, 4.69) is 34.9 Å². The first kappa shape index (κ1) is 32.5. The number of carbonyl (C=O) groups is 1. The highest BCUT2D eigenvalue weighted by Gasteiger charge is 2.31. The summed E-state index contributed by atoms with van der Waals surface area (Å²) >= 11 is 0. The standard InChI is InChI=1S/C39H44N6O4/c1-28(31-17-19-45(20-18-31)39(46)47)43-21-23-44(24-22-43)32-13-14-33-35(25-32)42(2)41-37(33)34-15-16-36(48-26-29-9-5-3-6-10-29)40-38(34)49-27-30-11-7-4-8-12-30/h3-16,25,28,31H,17-24,26-27H2,1-2H3,(H,46,47)/t28-/m1/s1. The summed E-state index contributed by atoms with van der Waals surface area (Å²) in [6.45, 7) is 8.25. The largest absolute Gasteiger partial charge is 0.473 e. The van der Waals surface area contributed by atoms with Gasteiger partial charge in [0.25, 0.3) is 0 Å². The second kappa shape index (κ2) is 14.6. The molecule has 254 valence electrons. The number of ether oxygens (including phenoxy) is 2. The number of likely N-dealkylation sites (tertiary alicyclic amines) is 1. The van der Waals surface area contributed by atoms with Crippen molar-refractivity contribution < 1.29 is 19.4 Å². The van der Waals surface area contributed by atoms with E-state index < -0.39 is 6.09 Å². The normalized spacial score (nSPS) is 16.5. The minimum absolute atomic E-state index is 0.379. The molecule has 10 nitrogen and oxygen atoms in total. The summed E-state index contributed by atoms with van der Waals surface area (Å²) in [6.07, 6.45) is 1.07. The molecule has 49 heavy (non-hydrogen) atoms. The monoisotopic (exact) mass is 660 g/mol. The first-order chi connectivity index (χ1) is 23.9. The molecule has 0 bridgehead atoms. The van der Waals surface area contributed by atoms with Crippen molar-refractivity contribution in [2.75, 3.05) is 44.2 Å². The summed E-state index contributed by atoms with van der Waals surface area (Å²) in [6, 6.07) is 31.1. The molecule has 2 aliphatic rings. The molecule has 0 aliphatic carbocycles. The Balaban J connectivity index is 1.07. The summed E-state index contributed by atoms with van der Waals surface area (Å²) < 4.78 is 14.4. The number of pyridine rings is 1. The molecule has 4 heterocycles. The number of benzene rings is 3. The molecule has 1 atom stereocenters. The topological polar surface area (TPSA) is 96.2 Å². The molecule has 0 unspecified atom stereocenters. The number of anilines is 1. The van der Waals surface area contributed by atoms with Crippen LogP contribution in [0, 0.1) is 5.92 Å². The summed E-state index contributed by atoms with van der Waals surface area (Å²) in [5.74, 6) is 1.52. The number of carboxylic acid groups (broad SMARTS) is 1. The van der Waals surface area contributed by atoms with Crippen molar-refractivity contribution in [1.29, 1.82) is 0 Å². The summed E-state index contributed by atoms with van der Waals surface area (Å²) in [5, 5.41) is 15.3. The molecule has 0 radical (unpaired) electrons. The Morgan fingerprint density at radius 1 is 0.837 bits per heavy atom. The third-order valence-electron chi connectivity index (χ3n) is 10.1. The van der Waals surface area contributed by atoms with Gasteiger partial charge in [-0.05, 0) is 61.1 Å². The van der Waals surface area contributed by atoms with E-state index in [1.807, 2.05) is 84.5 Å². The Labute approximate surface area is 287 Å². The summed E-state index contributed by atoms with van der Waals surface area (Å²) in [7, 11) is 1.99. The van der Waals surface area contributed by atoms with E-state index in [1.54, 1.807) is 4.90 Å². The first-order valence-corrected chi connectivity index (χ1v) is 17.2. The van der Waals surface area contributed by atoms with Crippen molar-refractivity contribution in [3.63, 3.8) is 0 Å². The average Bonchev–Trinajstić information content (AvgIpc) is 3.48. The van der Waals surface area contributed by atoms with Crippen LogP contribution >= 0.6 is 0 Å². The van der Waals surface area contributed by atoms with Crippen LogP contribution < -0.4 is 14.4 Å². The third kappa shape index (κ3) is 7.34. The lowest BCUT2D eigenvalue weighted by molar-refractivity contribution is 0.0848. The minimum Gasteiger partial charge on any atom is -0.473 e. The molecule has 2 saturated heterocycles. The van der Waals surface area contributed by atoms with E-state index in [1.165, 1.54) is 5.69 Å². The van der Waals surface area contributed by atoms with E-state index in [4.69, 9.17) is 19.6 Å². The number of fused-ring (bicyclic) bond motifs is 1. The van der Waals surface area contributed by atoms with Crippen molar-refractivity contribution in [2.45, 2.75) is 39.0 Å². The number of aryl methyl sites for hydroxylation is 1. The number of aromatic nitrogens is 3. The van der Waals surface area contributed by atoms with Gasteiger partial charge in [-0.3, -0.25) is 9.58 Å². The number of rotatable bonds is 10. The number of piperidine rings is 1. The van der Waals surface area contributed by atoms with Gasteiger partial charge in [0.1, 0.15) is 18.9 Å². The Morgan fingerprint density at radius 2 is 1.49 bits per heavy atom. The molecule has 0 spiro atoms. The average molecular weight is 661 g/mol. The zero-order chi connectivity index (χ0) is 33.7. The highest BCUT2D eigenvalue weighted by Crippen LogP contribution is 2.37. The Hall–Kier alpha value is -5.09. The molecule has 10 heteroatoms. The number of nitrogens with zero attached hydrogens (tertiary/aromatic N) is 6. The molecule has 7 rings (SSSR count). The molecule has 1 amide bonds. The van der Waals surface area contributed by atoms with Gasteiger partial charge in [0, 0.05) is 69.5 Å². The van der Waals surface area contributed by atoms with Gasteiger partial charge in [-0.15, -0.1) is 0 Å². The van der Waals surface area contributed by atoms with E-state index in [-0.39, 0.29) is 0 Å². The van der Waals surface area contributed by atoms with Crippen LogP contribution in [-0.4, -0.2) is 81.1 Å². The second-order valence-corrected chi connectivity index (χ2v) is 13.1. The van der Waals surface area contributed by atoms with Gasteiger partial charge in [-0.1, -0.05) is 60.7 Å². The molecule has 0 saturated carbocycles.